The van der Waals surface area contributed by atoms with E-state index in [0.29, 0.717) is 6.42 Å². The highest BCUT2D eigenvalue weighted by molar-refractivity contribution is 5.76. The summed E-state index contributed by atoms with van der Waals surface area (Å²) < 4.78 is 19.2. The topological polar surface area (TPSA) is 75.0 Å². The van der Waals surface area contributed by atoms with Crippen molar-refractivity contribution >= 4 is 5.91 Å². The zero-order valence-corrected chi connectivity index (χ0v) is 13.5. The van der Waals surface area contributed by atoms with E-state index in [-0.39, 0.29) is 23.6 Å². The number of pyridine rings is 1. The van der Waals surface area contributed by atoms with Gasteiger partial charge in [-0.15, -0.1) is 0 Å². The number of rotatable bonds is 6. The Hall–Kier alpha value is -2.94. The fraction of sp³-hybridized carbons (Fsp3) is 0.278. The zero-order valence-electron chi connectivity index (χ0n) is 13.5. The number of halogens is 1. The van der Waals surface area contributed by atoms with Gasteiger partial charge in [0.05, 0.1) is 24.4 Å². The molecule has 1 aromatic carbocycles. The van der Waals surface area contributed by atoms with Gasteiger partial charge in [0.1, 0.15) is 17.6 Å². The zero-order chi connectivity index (χ0) is 17.5. The van der Waals surface area contributed by atoms with Crippen LogP contribution in [0, 0.1) is 17.1 Å². The number of nitrogens with one attached hydrogen (secondary N) is 1. The van der Waals surface area contributed by atoms with Crippen LogP contribution >= 0.6 is 0 Å². The summed E-state index contributed by atoms with van der Waals surface area (Å²) in [5, 5.41) is 11.4. The molecular weight excluding hydrogens is 309 g/mol. The van der Waals surface area contributed by atoms with Crippen molar-refractivity contribution < 1.29 is 13.9 Å². The smallest absolute Gasteiger partial charge is 0.220 e. The van der Waals surface area contributed by atoms with Crippen molar-refractivity contribution in [2.45, 2.75) is 25.8 Å². The van der Waals surface area contributed by atoms with E-state index < -0.39 is 11.9 Å². The molecule has 0 aliphatic carbocycles. The Morgan fingerprint density at radius 1 is 1.46 bits per heavy atom. The number of hydrogen-bond donors (Lipinski definition) is 1. The molecule has 0 saturated carbocycles. The Morgan fingerprint density at radius 2 is 2.21 bits per heavy atom. The first-order valence-corrected chi connectivity index (χ1v) is 7.52. The molecule has 0 spiro atoms. The van der Waals surface area contributed by atoms with E-state index in [1.807, 2.05) is 30.3 Å². The molecular formula is C18H18FN3O2. The molecule has 0 bridgehead atoms. The molecule has 0 aliphatic rings. The molecule has 1 amide bonds. The molecule has 0 saturated heterocycles. The van der Waals surface area contributed by atoms with Gasteiger partial charge >= 0.3 is 0 Å². The lowest BCUT2D eigenvalue weighted by atomic mass is 10.1. The van der Waals surface area contributed by atoms with Gasteiger partial charge in [0.25, 0.3) is 0 Å². The Balaban J connectivity index is 1.96. The van der Waals surface area contributed by atoms with Gasteiger partial charge in [0.15, 0.2) is 0 Å². The number of aromatic nitrogens is 1. The van der Waals surface area contributed by atoms with Crippen LogP contribution in [0.3, 0.4) is 0 Å². The number of carbonyl (C=O) groups is 1. The summed E-state index contributed by atoms with van der Waals surface area (Å²) in [6.07, 6.45) is 2.06. The van der Waals surface area contributed by atoms with E-state index in [1.54, 1.807) is 14.0 Å². The van der Waals surface area contributed by atoms with Crippen molar-refractivity contribution in [3.8, 4) is 11.8 Å². The fourth-order valence-corrected chi connectivity index (χ4v) is 2.37. The second kappa shape index (κ2) is 8.06. The average molecular weight is 327 g/mol. The van der Waals surface area contributed by atoms with Gasteiger partial charge < -0.3 is 10.1 Å². The second-order valence-corrected chi connectivity index (χ2v) is 5.30. The summed E-state index contributed by atoms with van der Waals surface area (Å²) in [6, 6.07) is 9.84. The van der Waals surface area contributed by atoms with E-state index in [4.69, 9.17) is 10.00 Å². The highest BCUT2D eigenvalue weighted by Gasteiger charge is 2.16. The van der Waals surface area contributed by atoms with E-state index in [2.05, 4.69) is 10.3 Å². The van der Waals surface area contributed by atoms with Crippen LogP contribution in [0.25, 0.3) is 0 Å². The summed E-state index contributed by atoms with van der Waals surface area (Å²) in [6.45, 7) is 1.65. The molecule has 0 aliphatic heterocycles. The monoisotopic (exact) mass is 327 g/mol. The van der Waals surface area contributed by atoms with Gasteiger partial charge in [-0.3, -0.25) is 9.78 Å². The standard InChI is InChI=1S/C18H18FN3O2/c1-12(18-15(19)9-13(10-20)11-21-18)22-17(23)8-7-14-5-3-4-6-16(14)24-2/h3-6,9,11-12H,7-8H2,1-2H3,(H,22,23)/t12-/m1/s1. The van der Waals surface area contributed by atoms with Gasteiger partial charge in [0, 0.05) is 12.6 Å². The van der Waals surface area contributed by atoms with E-state index >= 15 is 0 Å². The largest absolute Gasteiger partial charge is 0.496 e. The van der Waals surface area contributed by atoms with Gasteiger partial charge in [-0.2, -0.15) is 5.26 Å². The van der Waals surface area contributed by atoms with Gasteiger partial charge in [0.2, 0.25) is 5.91 Å². The SMILES string of the molecule is COc1ccccc1CCC(=O)N[C@H](C)c1ncc(C#N)cc1F. The predicted molar refractivity (Wildman–Crippen MR) is 86.8 cm³/mol. The molecule has 124 valence electrons. The van der Waals surface area contributed by atoms with E-state index in [0.717, 1.165) is 17.4 Å². The van der Waals surface area contributed by atoms with Crippen molar-refractivity contribution in [2.24, 2.45) is 0 Å². The maximum atomic E-state index is 13.9. The summed E-state index contributed by atoms with van der Waals surface area (Å²) in [5.74, 6) is -0.0799. The van der Waals surface area contributed by atoms with Crippen molar-refractivity contribution in [1.82, 2.24) is 10.3 Å². The molecule has 6 heteroatoms. The van der Waals surface area contributed by atoms with E-state index in [9.17, 15) is 9.18 Å². The second-order valence-electron chi connectivity index (χ2n) is 5.30. The van der Waals surface area contributed by atoms with Crippen molar-refractivity contribution in [2.75, 3.05) is 7.11 Å². The van der Waals surface area contributed by atoms with Crippen molar-refractivity contribution in [3.63, 3.8) is 0 Å². The van der Waals surface area contributed by atoms with Crippen LogP contribution in [-0.4, -0.2) is 18.0 Å². The molecule has 24 heavy (non-hydrogen) atoms. The minimum atomic E-state index is -0.605. The first-order valence-electron chi connectivity index (χ1n) is 7.52. The fourth-order valence-electron chi connectivity index (χ4n) is 2.37. The number of carbonyl (C=O) groups excluding carboxylic acids is 1. The van der Waals surface area contributed by atoms with Crippen molar-refractivity contribution in [3.05, 3.63) is 59.2 Å². The van der Waals surface area contributed by atoms with Crippen molar-refractivity contribution in [1.29, 1.82) is 5.26 Å². The van der Waals surface area contributed by atoms with Crippen LogP contribution in [0.5, 0.6) is 5.75 Å². The third-order valence-electron chi connectivity index (χ3n) is 3.60. The number of ether oxygens (including phenoxy) is 1. The van der Waals surface area contributed by atoms with Crippen LogP contribution in [0.4, 0.5) is 4.39 Å². The lowest BCUT2D eigenvalue weighted by Crippen LogP contribution is -2.28. The first kappa shape index (κ1) is 17.4. The molecule has 2 aromatic rings. The first-order chi connectivity index (χ1) is 11.5. The maximum Gasteiger partial charge on any atom is 0.220 e. The summed E-state index contributed by atoms with van der Waals surface area (Å²) in [7, 11) is 1.58. The molecule has 1 aromatic heterocycles. The summed E-state index contributed by atoms with van der Waals surface area (Å²) in [4.78, 5) is 16.0. The molecule has 1 N–H and O–H groups in total. The number of nitrogens with zero attached hydrogens (tertiary/aromatic N) is 2. The van der Waals surface area contributed by atoms with Crippen LogP contribution < -0.4 is 10.1 Å². The Labute approximate surface area is 140 Å². The minimum absolute atomic E-state index is 0.111. The number of aryl methyl sites for hydroxylation is 1. The van der Waals surface area contributed by atoms with Gasteiger partial charge in [-0.1, -0.05) is 18.2 Å². The predicted octanol–water partition coefficient (Wildman–Crippen LogP) is 2.91. The highest BCUT2D eigenvalue weighted by Crippen LogP contribution is 2.19. The molecule has 5 nitrogen and oxygen atoms in total. The van der Waals surface area contributed by atoms with Crippen LogP contribution in [-0.2, 0) is 11.2 Å². The normalized spacial score (nSPS) is 11.4. The Bertz CT molecular complexity index is 771. The molecule has 0 fully saturated rings. The lowest BCUT2D eigenvalue weighted by Gasteiger charge is -2.14. The number of para-hydroxylation sites is 1. The highest BCUT2D eigenvalue weighted by atomic mass is 19.1. The van der Waals surface area contributed by atoms with E-state index in [1.165, 1.54) is 6.20 Å². The summed E-state index contributed by atoms with van der Waals surface area (Å²) >= 11 is 0. The number of hydrogen-bond acceptors (Lipinski definition) is 4. The Morgan fingerprint density at radius 3 is 2.88 bits per heavy atom. The Kier molecular flexibility index (Phi) is 5.85. The molecule has 1 atom stereocenters. The maximum absolute atomic E-state index is 13.9. The minimum Gasteiger partial charge on any atom is -0.496 e. The third kappa shape index (κ3) is 4.29. The molecule has 0 radical (unpaired) electrons. The van der Waals surface area contributed by atoms with Gasteiger partial charge in [-0.25, -0.2) is 4.39 Å². The quantitative estimate of drug-likeness (QED) is 0.885. The average Bonchev–Trinajstić information content (AvgIpc) is 2.59. The molecule has 1 heterocycles. The van der Waals surface area contributed by atoms with Gasteiger partial charge in [-0.05, 0) is 31.0 Å². The third-order valence-corrected chi connectivity index (χ3v) is 3.60. The van der Waals surface area contributed by atoms with Crippen LogP contribution in [0.15, 0.2) is 36.5 Å². The van der Waals surface area contributed by atoms with Crippen LogP contribution in [0.2, 0.25) is 0 Å². The number of methoxy groups -OCH3 is 1. The lowest BCUT2D eigenvalue weighted by molar-refractivity contribution is -0.121. The molecule has 0 unspecified atom stereocenters. The van der Waals surface area contributed by atoms with Crippen LogP contribution in [0.1, 0.15) is 36.2 Å². The number of nitriles is 1. The summed E-state index contributed by atoms with van der Waals surface area (Å²) in [5.41, 5.74) is 1.19. The number of amides is 1. The molecule has 2 rings (SSSR count). The number of benzene rings is 1.